The number of halogens is 1. The third kappa shape index (κ3) is 5.66. The molecular formula is C21H34FN3O2+2. The van der Waals surface area contributed by atoms with E-state index >= 15 is 0 Å². The van der Waals surface area contributed by atoms with Gasteiger partial charge < -0.3 is 19.9 Å². The van der Waals surface area contributed by atoms with Crippen molar-refractivity contribution in [1.29, 1.82) is 0 Å². The maximum Gasteiger partial charge on any atom is 0.275 e. The Hall–Kier alpha value is -1.66. The van der Waals surface area contributed by atoms with Crippen LogP contribution in [0.4, 0.5) is 4.39 Å². The van der Waals surface area contributed by atoms with Crippen LogP contribution in [0.2, 0.25) is 0 Å². The second kappa shape index (κ2) is 9.51. The van der Waals surface area contributed by atoms with Crippen LogP contribution in [0.3, 0.4) is 0 Å². The molecule has 0 aromatic heterocycles. The third-order valence-corrected chi connectivity index (χ3v) is 6.22. The molecule has 1 aliphatic carbocycles. The van der Waals surface area contributed by atoms with E-state index in [9.17, 15) is 9.18 Å². The molecule has 150 valence electrons. The van der Waals surface area contributed by atoms with E-state index < -0.39 is 0 Å². The molecule has 0 radical (unpaired) electrons. The largest absolute Gasteiger partial charge is 0.496 e. The Balaban J connectivity index is 1.43. The van der Waals surface area contributed by atoms with Crippen molar-refractivity contribution in [3.63, 3.8) is 0 Å². The summed E-state index contributed by atoms with van der Waals surface area (Å²) in [5.41, 5.74) is 0.917. The summed E-state index contributed by atoms with van der Waals surface area (Å²) >= 11 is 0. The Morgan fingerprint density at radius 2 is 1.89 bits per heavy atom. The second-order valence-electron chi connectivity index (χ2n) is 8.25. The molecule has 6 heteroatoms. The van der Waals surface area contributed by atoms with Crippen molar-refractivity contribution < 1.29 is 23.7 Å². The first kappa shape index (κ1) is 20.1. The minimum atomic E-state index is -0.219. The normalized spacial score (nSPS) is 28.6. The number of benzene rings is 1. The highest BCUT2D eigenvalue weighted by atomic mass is 19.1. The summed E-state index contributed by atoms with van der Waals surface area (Å²) in [4.78, 5) is 15.2. The molecule has 2 fully saturated rings. The highest BCUT2D eigenvalue weighted by Crippen LogP contribution is 2.23. The van der Waals surface area contributed by atoms with Crippen LogP contribution in [0.1, 0.15) is 38.2 Å². The fourth-order valence-corrected chi connectivity index (χ4v) is 4.48. The van der Waals surface area contributed by atoms with E-state index in [1.54, 1.807) is 19.2 Å². The van der Waals surface area contributed by atoms with Gasteiger partial charge in [-0.2, -0.15) is 0 Å². The third-order valence-electron chi connectivity index (χ3n) is 6.22. The second-order valence-corrected chi connectivity index (χ2v) is 8.25. The highest BCUT2D eigenvalue weighted by molar-refractivity contribution is 5.77. The van der Waals surface area contributed by atoms with Crippen LogP contribution >= 0.6 is 0 Å². The number of quaternary nitrogens is 2. The van der Waals surface area contributed by atoms with Gasteiger partial charge in [0.25, 0.3) is 5.91 Å². The monoisotopic (exact) mass is 379 g/mol. The average Bonchev–Trinajstić information content (AvgIpc) is 2.65. The van der Waals surface area contributed by atoms with Gasteiger partial charge in [-0.05, 0) is 37.0 Å². The Kier molecular flexibility index (Phi) is 7.07. The topological polar surface area (TPSA) is 47.2 Å². The number of hydrogen-bond donors (Lipinski definition) is 3. The molecule has 3 N–H and O–H groups in total. The standard InChI is InChI=1S/C21H32FN3O2/c1-16-5-3-4-6-19(16)23-21(26)15-25-11-9-24(10-12-25)14-17-13-18(22)7-8-20(17)27-2/h7-8,13,16,19H,3-6,9-12,14-15H2,1-2H3,(H,23,26)/p+2/t16-,19+/m1/s1. The first-order chi connectivity index (χ1) is 13.0. The molecule has 27 heavy (non-hydrogen) atoms. The average molecular weight is 380 g/mol. The van der Waals surface area contributed by atoms with Gasteiger partial charge in [0.1, 0.15) is 44.3 Å². The Morgan fingerprint density at radius 3 is 2.59 bits per heavy atom. The smallest absolute Gasteiger partial charge is 0.275 e. The number of carbonyl (C=O) groups excluding carboxylic acids is 1. The lowest BCUT2D eigenvalue weighted by atomic mass is 9.86. The molecule has 1 aromatic carbocycles. The summed E-state index contributed by atoms with van der Waals surface area (Å²) in [5.74, 6) is 1.32. The summed E-state index contributed by atoms with van der Waals surface area (Å²) in [7, 11) is 1.62. The summed E-state index contributed by atoms with van der Waals surface area (Å²) in [5, 5.41) is 3.26. The zero-order valence-corrected chi connectivity index (χ0v) is 16.7. The van der Waals surface area contributed by atoms with E-state index in [1.807, 2.05) is 0 Å². The molecule has 0 unspecified atom stereocenters. The Bertz CT molecular complexity index is 632. The van der Waals surface area contributed by atoms with E-state index in [0.29, 0.717) is 18.5 Å². The van der Waals surface area contributed by atoms with Gasteiger partial charge in [-0.25, -0.2) is 4.39 Å². The van der Waals surface area contributed by atoms with Crippen molar-refractivity contribution in [1.82, 2.24) is 5.32 Å². The number of nitrogens with one attached hydrogen (secondary N) is 3. The van der Waals surface area contributed by atoms with Crippen molar-refractivity contribution in [2.45, 2.75) is 45.2 Å². The van der Waals surface area contributed by atoms with Crippen LogP contribution in [0, 0.1) is 11.7 Å². The van der Waals surface area contributed by atoms with Crippen LogP contribution in [0.15, 0.2) is 18.2 Å². The molecule has 1 heterocycles. The van der Waals surface area contributed by atoms with E-state index in [2.05, 4.69) is 12.2 Å². The van der Waals surface area contributed by atoms with E-state index in [0.717, 1.165) is 50.5 Å². The van der Waals surface area contributed by atoms with Gasteiger partial charge in [0.05, 0.1) is 12.7 Å². The Labute approximate surface area is 161 Å². The highest BCUT2D eigenvalue weighted by Gasteiger charge is 2.28. The van der Waals surface area contributed by atoms with Crippen LogP contribution in [-0.2, 0) is 11.3 Å². The number of amides is 1. The van der Waals surface area contributed by atoms with E-state index in [4.69, 9.17) is 4.74 Å². The van der Waals surface area contributed by atoms with Crippen molar-refractivity contribution in [2.24, 2.45) is 5.92 Å². The molecule has 5 nitrogen and oxygen atoms in total. The van der Waals surface area contributed by atoms with Gasteiger partial charge >= 0.3 is 0 Å². The van der Waals surface area contributed by atoms with Crippen molar-refractivity contribution in [2.75, 3.05) is 39.8 Å². The van der Waals surface area contributed by atoms with Gasteiger partial charge in [0.15, 0.2) is 6.54 Å². The van der Waals surface area contributed by atoms with Gasteiger partial charge in [-0.3, -0.25) is 4.79 Å². The fourth-order valence-electron chi connectivity index (χ4n) is 4.48. The summed E-state index contributed by atoms with van der Waals surface area (Å²) in [6.45, 7) is 7.50. The molecule has 1 saturated heterocycles. The fraction of sp³-hybridized carbons (Fsp3) is 0.667. The Morgan fingerprint density at radius 1 is 1.19 bits per heavy atom. The van der Waals surface area contributed by atoms with Crippen LogP contribution in [-0.4, -0.2) is 51.8 Å². The molecular weight excluding hydrogens is 345 g/mol. The first-order valence-corrected chi connectivity index (χ1v) is 10.3. The lowest BCUT2D eigenvalue weighted by Gasteiger charge is -2.32. The van der Waals surface area contributed by atoms with Gasteiger partial charge in [0.2, 0.25) is 0 Å². The van der Waals surface area contributed by atoms with Gasteiger partial charge in [0, 0.05) is 6.04 Å². The quantitative estimate of drug-likeness (QED) is 0.642. The number of carbonyl (C=O) groups is 1. The molecule has 1 saturated carbocycles. The number of rotatable bonds is 6. The van der Waals surface area contributed by atoms with Crippen LogP contribution < -0.4 is 19.9 Å². The maximum absolute atomic E-state index is 13.5. The molecule has 2 aliphatic rings. The minimum Gasteiger partial charge on any atom is -0.496 e. The van der Waals surface area contributed by atoms with Crippen molar-refractivity contribution >= 4 is 5.91 Å². The predicted octanol–water partition coefficient (Wildman–Crippen LogP) is -0.187. The molecule has 0 bridgehead atoms. The first-order valence-electron chi connectivity index (χ1n) is 10.3. The lowest BCUT2D eigenvalue weighted by molar-refractivity contribution is -1.02. The SMILES string of the molecule is COc1ccc(F)cc1C[NH+]1CC[NH+](CC(=O)N[C@H]2CCCC[C@H]2C)CC1. The number of piperazine rings is 1. The van der Waals surface area contributed by atoms with E-state index in [1.165, 1.54) is 35.1 Å². The van der Waals surface area contributed by atoms with Crippen molar-refractivity contribution in [3.8, 4) is 5.75 Å². The maximum atomic E-state index is 13.5. The zero-order chi connectivity index (χ0) is 19.2. The van der Waals surface area contributed by atoms with Gasteiger partial charge in [-0.15, -0.1) is 0 Å². The molecule has 3 rings (SSSR count). The summed E-state index contributed by atoms with van der Waals surface area (Å²) in [6, 6.07) is 5.07. The molecule has 1 aliphatic heterocycles. The predicted molar refractivity (Wildman–Crippen MR) is 102 cm³/mol. The van der Waals surface area contributed by atoms with Crippen LogP contribution in [0.5, 0.6) is 5.75 Å². The summed E-state index contributed by atoms with van der Waals surface area (Å²) in [6.07, 6.45) is 4.87. The minimum absolute atomic E-state index is 0.194. The molecule has 0 spiro atoms. The lowest BCUT2D eigenvalue weighted by Crippen LogP contribution is -3.28. The molecule has 2 atom stereocenters. The molecule has 1 amide bonds. The zero-order valence-electron chi connectivity index (χ0n) is 16.7. The summed E-state index contributed by atoms with van der Waals surface area (Å²) < 4.78 is 18.9. The number of methoxy groups -OCH3 is 1. The molecule has 1 aromatic rings. The van der Waals surface area contributed by atoms with Crippen LogP contribution in [0.25, 0.3) is 0 Å². The van der Waals surface area contributed by atoms with Crippen molar-refractivity contribution in [3.05, 3.63) is 29.6 Å². The van der Waals surface area contributed by atoms with Gasteiger partial charge in [-0.1, -0.05) is 19.8 Å². The number of ether oxygens (including phenoxy) is 1. The van der Waals surface area contributed by atoms with E-state index in [-0.39, 0.29) is 11.7 Å². The number of hydrogen-bond acceptors (Lipinski definition) is 2.